The van der Waals surface area contributed by atoms with E-state index in [4.69, 9.17) is 0 Å². The van der Waals surface area contributed by atoms with Gasteiger partial charge in [0.2, 0.25) is 0 Å². The summed E-state index contributed by atoms with van der Waals surface area (Å²) in [5.74, 6) is 0.322. The molecule has 0 fully saturated rings. The van der Waals surface area contributed by atoms with E-state index in [1.807, 2.05) is 31.2 Å². The van der Waals surface area contributed by atoms with Gasteiger partial charge >= 0.3 is 0 Å². The van der Waals surface area contributed by atoms with E-state index in [2.05, 4.69) is 50.2 Å². The van der Waals surface area contributed by atoms with Crippen molar-refractivity contribution in [1.29, 1.82) is 0 Å². The first kappa shape index (κ1) is 14.4. The molecule has 2 aromatic carbocycles. The molecule has 100 valence electrons. The Kier molecular flexibility index (Phi) is 4.53. The molecule has 0 bridgehead atoms. The van der Waals surface area contributed by atoms with Crippen molar-refractivity contribution in [2.75, 3.05) is 5.32 Å². The zero-order valence-electron chi connectivity index (χ0n) is 10.7. The maximum Gasteiger partial charge on any atom is 0.118 e. The second-order valence-electron chi connectivity index (χ2n) is 4.53. The number of nitrogens with one attached hydrogen (secondary N) is 1. The first-order valence-corrected chi connectivity index (χ1v) is 7.57. The third-order valence-electron chi connectivity index (χ3n) is 3.01. The summed E-state index contributed by atoms with van der Waals surface area (Å²) < 4.78 is 2.12. The summed E-state index contributed by atoms with van der Waals surface area (Å²) in [5.41, 5.74) is 3.05. The van der Waals surface area contributed by atoms with E-state index >= 15 is 0 Å². The number of hydrogen-bond acceptors (Lipinski definition) is 2. The van der Waals surface area contributed by atoms with Crippen LogP contribution in [-0.2, 0) is 0 Å². The minimum Gasteiger partial charge on any atom is -0.508 e. The number of phenols is 1. The van der Waals surface area contributed by atoms with Gasteiger partial charge in [0, 0.05) is 20.7 Å². The first-order chi connectivity index (χ1) is 8.97. The van der Waals surface area contributed by atoms with Gasteiger partial charge in [-0.1, -0.05) is 37.9 Å². The van der Waals surface area contributed by atoms with Crippen LogP contribution in [0.1, 0.15) is 24.1 Å². The normalized spacial score (nSPS) is 12.2. The Bertz CT molecular complexity index is 599. The number of halogens is 2. The summed E-state index contributed by atoms with van der Waals surface area (Å²) in [6.45, 7) is 4.00. The molecule has 0 aliphatic carbocycles. The molecule has 2 nitrogen and oxygen atoms in total. The Morgan fingerprint density at radius 3 is 2.47 bits per heavy atom. The van der Waals surface area contributed by atoms with E-state index in [1.54, 1.807) is 6.07 Å². The summed E-state index contributed by atoms with van der Waals surface area (Å²) >= 11 is 7.03. The van der Waals surface area contributed by atoms with Crippen molar-refractivity contribution in [3.05, 3.63) is 56.5 Å². The van der Waals surface area contributed by atoms with Gasteiger partial charge in [0.25, 0.3) is 0 Å². The fourth-order valence-electron chi connectivity index (χ4n) is 1.93. The van der Waals surface area contributed by atoms with Crippen molar-refractivity contribution in [1.82, 2.24) is 0 Å². The first-order valence-electron chi connectivity index (χ1n) is 5.98. The minimum atomic E-state index is 0.173. The number of rotatable bonds is 3. The van der Waals surface area contributed by atoms with Crippen LogP contribution in [0.25, 0.3) is 0 Å². The quantitative estimate of drug-likeness (QED) is 0.694. The van der Waals surface area contributed by atoms with E-state index in [0.29, 0.717) is 5.75 Å². The standard InChI is InChI=1S/C15H15Br2NO/c1-9-7-12(4-6-15(9)19)18-10(2)13-5-3-11(16)8-14(13)17/h3-8,10,18-19H,1-2H3. The highest BCUT2D eigenvalue weighted by atomic mass is 79.9. The molecule has 0 aliphatic heterocycles. The average Bonchev–Trinajstić information content (AvgIpc) is 2.33. The number of phenolic OH excluding ortho intramolecular Hbond substituents is 1. The molecule has 0 saturated heterocycles. The smallest absolute Gasteiger partial charge is 0.118 e. The maximum atomic E-state index is 9.53. The summed E-state index contributed by atoms with van der Waals surface area (Å²) in [4.78, 5) is 0. The van der Waals surface area contributed by atoms with Gasteiger partial charge in [-0.15, -0.1) is 0 Å². The molecule has 0 amide bonds. The second-order valence-corrected chi connectivity index (χ2v) is 6.30. The summed E-state index contributed by atoms with van der Waals surface area (Å²) in [6.07, 6.45) is 0. The average molecular weight is 385 g/mol. The van der Waals surface area contributed by atoms with Crippen LogP contribution in [0.5, 0.6) is 5.75 Å². The van der Waals surface area contributed by atoms with E-state index in [-0.39, 0.29) is 6.04 Å². The number of anilines is 1. The van der Waals surface area contributed by atoms with Gasteiger partial charge in [-0.3, -0.25) is 0 Å². The third-order valence-corrected chi connectivity index (χ3v) is 4.19. The Balaban J connectivity index is 2.20. The number of aryl methyl sites for hydroxylation is 1. The van der Waals surface area contributed by atoms with Crippen molar-refractivity contribution in [3.63, 3.8) is 0 Å². The van der Waals surface area contributed by atoms with Crippen LogP contribution < -0.4 is 5.32 Å². The Morgan fingerprint density at radius 2 is 1.84 bits per heavy atom. The fourth-order valence-corrected chi connectivity index (χ4v) is 3.32. The highest BCUT2D eigenvalue weighted by molar-refractivity contribution is 9.11. The lowest BCUT2D eigenvalue weighted by atomic mass is 10.1. The zero-order valence-corrected chi connectivity index (χ0v) is 13.9. The van der Waals surface area contributed by atoms with Crippen molar-refractivity contribution in [2.45, 2.75) is 19.9 Å². The van der Waals surface area contributed by atoms with Crippen LogP contribution in [0.4, 0.5) is 5.69 Å². The molecule has 0 spiro atoms. The monoisotopic (exact) mass is 383 g/mol. The lowest BCUT2D eigenvalue weighted by molar-refractivity contribution is 0.471. The van der Waals surface area contributed by atoms with Crippen molar-refractivity contribution in [3.8, 4) is 5.75 Å². The van der Waals surface area contributed by atoms with Crippen LogP contribution in [0.2, 0.25) is 0 Å². The lowest BCUT2D eigenvalue weighted by Gasteiger charge is -2.18. The SMILES string of the molecule is Cc1cc(NC(C)c2ccc(Br)cc2Br)ccc1O. The third kappa shape index (κ3) is 3.51. The van der Waals surface area contributed by atoms with E-state index in [9.17, 15) is 5.11 Å². The predicted molar refractivity (Wildman–Crippen MR) is 86.7 cm³/mol. The van der Waals surface area contributed by atoms with Crippen molar-refractivity contribution >= 4 is 37.5 Å². The van der Waals surface area contributed by atoms with Crippen LogP contribution in [0, 0.1) is 6.92 Å². The maximum absolute atomic E-state index is 9.53. The Labute approximate surface area is 130 Å². The molecule has 2 rings (SSSR count). The molecule has 0 heterocycles. The van der Waals surface area contributed by atoms with E-state index < -0.39 is 0 Å². The van der Waals surface area contributed by atoms with Crippen LogP contribution in [0.3, 0.4) is 0 Å². The summed E-state index contributed by atoms with van der Waals surface area (Å²) in [7, 11) is 0. The predicted octanol–water partition coefficient (Wildman–Crippen LogP) is 5.40. The second kappa shape index (κ2) is 5.97. The molecular formula is C15H15Br2NO. The number of benzene rings is 2. The lowest BCUT2D eigenvalue weighted by Crippen LogP contribution is -2.07. The molecule has 1 atom stereocenters. The Hall–Kier alpha value is -1.00. The molecule has 0 aromatic heterocycles. The fraction of sp³-hybridized carbons (Fsp3) is 0.200. The van der Waals surface area contributed by atoms with Gasteiger partial charge in [-0.05, 0) is 55.3 Å². The van der Waals surface area contributed by atoms with E-state index in [1.165, 1.54) is 5.56 Å². The summed E-state index contributed by atoms with van der Waals surface area (Å²) in [5, 5.41) is 13.0. The van der Waals surface area contributed by atoms with Gasteiger partial charge in [0.05, 0.1) is 0 Å². The van der Waals surface area contributed by atoms with Crippen LogP contribution in [-0.4, -0.2) is 5.11 Å². The Morgan fingerprint density at radius 1 is 1.11 bits per heavy atom. The van der Waals surface area contributed by atoms with Gasteiger partial charge < -0.3 is 10.4 Å². The number of aromatic hydroxyl groups is 1. The molecular weight excluding hydrogens is 370 g/mol. The largest absolute Gasteiger partial charge is 0.508 e. The van der Waals surface area contributed by atoms with Gasteiger partial charge in [0.15, 0.2) is 0 Å². The topological polar surface area (TPSA) is 32.3 Å². The molecule has 1 unspecified atom stereocenters. The van der Waals surface area contributed by atoms with Gasteiger partial charge in [-0.25, -0.2) is 0 Å². The van der Waals surface area contributed by atoms with Gasteiger partial charge in [0.1, 0.15) is 5.75 Å². The van der Waals surface area contributed by atoms with Crippen LogP contribution in [0.15, 0.2) is 45.3 Å². The molecule has 0 radical (unpaired) electrons. The number of hydrogen-bond donors (Lipinski definition) is 2. The van der Waals surface area contributed by atoms with Crippen molar-refractivity contribution < 1.29 is 5.11 Å². The molecule has 2 aromatic rings. The molecule has 19 heavy (non-hydrogen) atoms. The minimum absolute atomic E-state index is 0.173. The zero-order chi connectivity index (χ0) is 14.0. The summed E-state index contributed by atoms with van der Waals surface area (Å²) in [6, 6.07) is 11.9. The molecule has 0 aliphatic rings. The van der Waals surface area contributed by atoms with Crippen molar-refractivity contribution in [2.24, 2.45) is 0 Å². The molecule has 4 heteroatoms. The molecule has 2 N–H and O–H groups in total. The highest BCUT2D eigenvalue weighted by Gasteiger charge is 2.10. The van der Waals surface area contributed by atoms with Gasteiger partial charge in [-0.2, -0.15) is 0 Å². The highest BCUT2D eigenvalue weighted by Crippen LogP contribution is 2.30. The van der Waals surface area contributed by atoms with E-state index in [0.717, 1.165) is 20.2 Å². The molecule has 0 saturated carbocycles. The van der Waals surface area contributed by atoms with Crippen LogP contribution >= 0.6 is 31.9 Å².